The minimum absolute atomic E-state index is 0.117. The van der Waals surface area contributed by atoms with E-state index in [0.717, 1.165) is 135 Å². The van der Waals surface area contributed by atoms with Crippen LogP contribution in [0.3, 0.4) is 0 Å². The van der Waals surface area contributed by atoms with Crippen molar-refractivity contribution in [2.45, 2.75) is 53.6 Å². The number of hydrogen-bond donors (Lipinski definition) is 0. The molecule has 0 amide bonds. The van der Waals surface area contributed by atoms with Crippen LogP contribution in [0.4, 0.5) is 13.2 Å². The molecule has 20 aromatic rings. The summed E-state index contributed by atoms with van der Waals surface area (Å²) in [6.45, 7) is 13.7. The molecule has 12 nitrogen and oxygen atoms in total. The molecule has 652 valence electrons. The van der Waals surface area contributed by atoms with Gasteiger partial charge in [-0.15, -0.1) is 0 Å². The highest BCUT2D eigenvalue weighted by molar-refractivity contribution is 5.95. The molecule has 0 radical (unpaired) electrons. The topological polar surface area (TPSA) is 155 Å². The molecule has 0 saturated carbocycles. The lowest BCUT2D eigenvalue weighted by Crippen LogP contribution is -2.30. The summed E-state index contributed by atoms with van der Waals surface area (Å²) in [5.74, 6) is 5.50. The zero-order valence-electron chi connectivity index (χ0n) is 75.3. The molecule has 4 aromatic heterocycles. The number of benzene rings is 16. The maximum absolute atomic E-state index is 14.7. The van der Waals surface area contributed by atoms with E-state index in [0.29, 0.717) is 97.7 Å². The van der Waals surface area contributed by atoms with Crippen LogP contribution >= 0.6 is 0 Å². The van der Waals surface area contributed by atoms with Crippen molar-refractivity contribution >= 4 is 0 Å². The Morgan fingerprint density at radius 1 is 0.199 bits per heavy atom. The van der Waals surface area contributed by atoms with Gasteiger partial charge in [0.1, 0.15) is 0 Å². The maximum Gasteiger partial charge on any atom is 0.416 e. The van der Waals surface area contributed by atoms with Gasteiger partial charge in [0.15, 0.2) is 69.9 Å². The third-order valence-corrected chi connectivity index (χ3v) is 26.2. The number of rotatable bonds is 20. The number of nitrogens with zero attached hydrogens (tertiary/aromatic N) is 12. The van der Waals surface area contributed by atoms with Gasteiger partial charge in [-0.3, -0.25) is 0 Å². The molecule has 15 heteroatoms. The van der Waals surface area contributed by atoms with Crippen molar-refractivity contribution < 1.29 is 13.2 Å². The van der Waals surface area contributed by atoms with Crippen LogP contribution in [0.15, 0.2) is 435 Å². The lowest BCUT2D eigenvalue weighted by Gasteiger charge is -2.43. The predicted molar refractivity (Wildman–Crippen MR) is 542 cm³/mol. The zero-order valence-corrected chi connectivity index (χ0v) is 75.3. The second kappa shape index (κ2) is 36.5. The first-order valence-corrected chi connectivity index (χ1v) is 45.3. The third-order valence-electron chi connectivity index (χ3n) is 26.2. The van der Waals surface area contributed by atoms with Gasteiger partial charge in [-0.2, -0.15) is 13.2 Å². The zero-order chi connectivity index (χ0) is 92.5. The summed E-state index contributed by atoms with van der Waals surface area (Å²) >= 11 is 0. The fourth-order valence-electron chi connectivity index (χ4n) is 18.6. The maximum atomic E-state index is 14.7. The first-order chi connectivity index (χ1) is 66.4. The second-order valence-corrected chi connectivity index (χ2v) is 34.7. The Kier molecular flexibility index (Phi) is 23.0. The SMILES string of the molecule is CC1=C(C)C(c2cc(-c3ccccc3-c3nc(-c4ccccc4)nc(-c4ccc(-c5ccccc5)cc4)n3)ccc2-c2nc(-c3ccccc3)nc(-c3ccc(-c4cccc(-c5nc(-c6ccccc6)nc(-c6ccc(-c7ccccc7-c7nc(-c8ccccc8)nc(-c8c(-c9ccccc9)cccc8-c8ccccc8)n7)cc6-c6ccc(C(F)(F)F)cc6)n5)c4)cc3)n2)C(C)(C)C(C)=C1C. The van der Waals surface area contributed by atoms with Crippen LogP contribution in [-0.4, -0.2) is 59.8 Å². The highest BCUT2D eigenvalue weighted by Gasteiger charge is 2.41. The Morgan fingerprint density at radius 3 is 0.890 bits per heavy atom. The number of alkyl halides is 3. The molecule has 1 aliphatic rings. The minimum Gasteiger partial charge on any atom is -0.208 e. The standard InChI is InChI=1S/C121H87F3N12/c1-75-76(2)78(4)120(5,6)107(77(75)3)105-74-93(97-51-29-30-52-100(97)115-128-108(85-40-20-10-21-41-85)125-112(132-115)89-60-56-80(57-61-89)79-34-14-7-15-35-79)67-71-103(105)118-130-109(86-42-22-11-23-43-86)126-113(133-118)90-62-58-81(59-63-90)91-48-32-49-94(72-91)114-127-110(87-44-24-12-25-45-87)129-117(134-114)102-70-66-92(73-104(102)84-64-68-95(69-65-84)121(122,123)124)96-50-28-31-53-101(96)116-131-111(88-46-26-13-27-47-88)135-119(136-116)106-98(82-36-16-8-17-37-82)54-33-55-99(106)83-38-18-9-19-39-83/h7-74,107H,1-6H3. The van der Waals surface area contributed by atoms with E-state index in [2.05, 4.69) is 205 Å². The van der Waals surface area contributed by atoms with Crippen molar-refractivity contribution in [3.05, 3.63) is 446 Å². The van der Waals surface area contributed by atoms with Crippen LogP contribution in [0.5, 0.6) is 0 Å². The molecule has 1 atom stereocenters. The van der Waals surface area contributed by atoms with Gasteiger partial charge >= 0.3 is 6.18 Å². The lowest BCUT2D eigenvalue weighted by molar-refractivity contribution is -0.137. The van der Waals surface area contributed by atoms with Gasteiger partial charge in [-0.05, 0) is 164 Å². The monoisotopic (exact) mass is 1760 g/mol. The number of allylic oxidation sites excluding steroid dienone is 4. The van der Waals surface area contributed by atoms with Crippen LogP contribution in [-0.2, 0) is 6.18 Å². The van der Waals surface area contributed by atoms with Gasteiger partial charge in [-0.1, -0.05) is 401 Å². The van der Waals surface area contributed by atoms with Crippen LogP contribution in [0.1, 0.15) is 58.6 Å². The Bertz CT molecular complexity index is 7900. The van der Waals surface area contributed by atoms with Crippen LogP contribution in [0.2, 0.25) is 0 Å². The molecule has 136 heavy (non-hydrogen) atoms. The Hall–Kier alpha value is -17.2. The van der Waals surface area contributed by atoms with Gasteiger partial charge in [0.05, 0.1) is 5.56 Å². The van der Waals surface area contributed by atoms with E-state index < -0.39 is 11.7 Å². The van der Waals surface area contributed by atoms with E-state index in [1.807, 2.05) is 224 Å². The molecule has 1 unspecified atom stereocenters. The van der Waals surface area contributed by atoms with Crippen molar-refractivity contribution in [2.24, 2.45) is 5.41 Å². The number of aromatic nitrogens is 12. The smallest absolute Gasteiger partial charge is 0.208 e. The molecular weight excluding hydrogens is 1680 g/mol. The van der Waals surface area contributed by atoms with Gasteiger partial charge in [0.25, 0.3) is 0 Å². The molecule has 0 bridgehead atoms. The van der Waals surface area contributed by atoms with Crippen LogP contribution in [0.25, 0.3) is 215 Å². The molecular formula is C121H87F3N12. The summed E-state index contributed by atoms with van der Waals surface area (Å²) in [6, 6.07) is 136. The number of halogens is 3. The van der Waals surface area contributed by atoms with E-state index in [1.165, 1.54) is 34.4 Å². The van der Waals surface area contributed by atoms with Crippen LogP contribution in [0, 0.1) is 5.41 Å². The van der Waals surface area contributed by atoms with E-state index in [-0.39, 0.29) is 11.3 Å². The Labute approximate surface area is 787 Å². The third kappa shape index (κ3) is 17.1. The summed E-state index contributed by atoms with van der Waals surface area (Å²) in [5, 5.41) is 0. The van der Waals surface area contributed by atoms with Crippen molar-refractivity contribution in [3.63, 3.8) is 0 Å². The van der Waals surface area contributed by atoms with Crippen molar-refractivity contribution in [2.75, 3.05) is 0 Å². The molecule has 16 aromatic carbocycles. The normalized spacial score (nSPS) is 13.1. The largest absolute Gasteiger partial charge is 0.416 e. The van der Waals surface area contributed by atoms with Gasteiger partial charge in [0.2, 0.25) is 0 Å². The molecule has 0 spiro atoms. The van der Waals surface area contributed by atoms with Crippen molar-refractivity contribution in [1.82, 2.24) is 59.8 Å². The molecule has 0 fully saturated rings. The predicted octanol–water partition coefficient (Wildman–Crippen LogP) is 30.9. The van der Waals surface area contributed by atoms with Crippen LogP contribution < -0.4 is 0 Å². The van der Waals surface area contributed by atoms with E-state index in [1.54, 1.807) is 0 Å². The summed E-state index contributed by atoms with van der Waals surface area (Å²) in [7, 11) is 0. The minimum atomic E-state index is -4.60. The molecule has 0 N–H and O–H groups in total. The Balaban J connectivity index is 0.658. The molecule has 4 heterocycles. The fraction of sp³-hybridized carbons (Fsp3) is 0.0744. The van der Waals surface area contributed by atoms with Gasteiger partial charge in [0, 0.05) is 72.7 Å². The van der Waals surface area contributed by atoms with Gasteiger partial charge in [-0.25, -0.2) is 59.8 Å². The van der Waals surface area contributed by atoms with Gasteiger partial charge < -0.3 is 0 Å². The average Bonchev–Trinajstić information content (AvgIpc) is 0.730. The van der Waals surface area contributed by atoms with Crippen molar-refractivity contribution in [3.8, 4) is 215 Å². The number of hydrogen-bond acceptors (Lipinski definition) is 12. The van der Waals surface area contributed by atoms with E-state index in [4.69, 9.17) is 59.8 Å². The molecule has 21 rings (SSSR count). The van der Waals surface area contributed by atoms with E-state index >= 15 is 0 Å². The molecule has 1 aliphatic carbocycles. The molecule has 0 saturated heterocycles. The summed E-state index contributed by atoms with van der Waals surface area (Å²) in [6.07, 6.45) is -4.60. The first-order valence-electron chi connectivity index (χ1n) is 45.3. The Morgan fingerprint density at radius 2 is 0.463 bits per heavy atom. The molecule has 0 aliphatic heterocycles. The highest BCUT2D eigenvalue weighted by atomic mass is 19.4. The van der Waals surface area contributed by atoms with Crippen molar-refractivity contribution in [1.29, 1.82) is 0 Å². The fourth-order valence-corrected chi connectivity index (χ4v) is 18.6. The average molecular weight is 1770 g/mol. The summed E-state index contributed by atoms with van der Waals surface area (Å²) in [4.78, 5) is 64.1. The second-order valence-electron chi connectivity index (χ2n) is 34.7. The lowest BCUT2D eigenvalue weighted by atomic mass is 9.61. The first kappa shape index (κ1) is 85.6. The van der Waals surface area contributed by atoms with E-state index in [9.17, 15) is 13.2 Å². The summed E-state index contributed by atoms with van der Waals surface area (Å²) < 4.78 is 44.0. The summed E-state index contributed by atoms with van der Waals surface area (Å²) in [5.41, 5.74) is 26.7. The highest BCUT2D eigenvalue weighted by Crippen LogP contribution is 2.55. The quantitative estimate of drug-likeness (QED) is 0.0713.